The molecule has 0 aromatic rings. The van der Waals surface area contributed by atoms with Gasteiger partial charge in [0.25, 0.3) is 0 Å². The maximum Gasteiger partial charge on any atom is 0.404 e. The summed E-state index contributed by atoms with van der Waals surface area (Å²) in [4.78, 5) is 10.4. The molecule has 0 fully saturated rings. The van der Waals surface area contributed by atoms with E-state index in [1.165, 1.54) is 36.0 Å². The molecule has 1 amide bonds. The maximum absolute atomic E-state index is 10.4. The van der Waals surface area contributed by atoms with E-state index in [2.05, 4.69) is 51.2 Å². The summed E-state index contributed by atoms with van der Waals surface area (Å²) in [5.41, 5.74) is 5.48. The lowest BCUT2D eigenvalue weighted by Crippen LogP contribution is -2.20. The van der Waals surface area contributed by atoms with E-state index >= 15 is 0 Å². The average molecular weight is 329 g/mol. The highest BCUT2D eigenvalue weighted by atomic mass is 16.4. The molecule has 132 valence electrons. The average Bonchev–Trinajstić information content (AvgIpc) is 2.45. The van der Waals surface area contributed by atoms with Gasteiger partial charge in [-0.05, 0) is 51.0 Å². The molecule has 3 heteroatoms. The summed E-state index contributed by atoms with van der Waals surface area (Å²) in [6, 6.07) is 0. The molecule has 1 rings (SSSR count). The minimum atomic E-state index is -1.00. The Labute approximate surface area is 146 Å². The van der Waals surface area contributed by atoms with Crippen LogP contribution in [0.25, 0.3) is 0 Å². The standard InChI is InChI=1S/C21H31NO2/c1-16(8-6-9-17(2)13-15-22-20(23)24)11-12-19-18(3)10-7-14-21(19,4)5/h6,8-9,11-13,22H,7,10,14-15H2,1-5H3,(H,23,24). The number of amides is 1. The zero-order valence-electron chi connectivity index (χ0n) is 15.6. The Hall–Kier alpha value is -2.03. The first kappa shape index (κ1) is 20.0. The van der Waals surface area contributed by atoms with E-state index < -0.39 is 6.09 Å². The van der Waals surface area contributed by atoms with Gasteiger partial charge in [-0.25, -0.2) is 4.79 Å². The van der Waals surface area contributed by atoms with Crippen LogP contribution in [0, 0.1) is 5.41 Å². The van der Waals surface area contributed by atoms with E-state index in [1.807, 2.05) is 25.2 Å². The molecule has 24 heavy (non-hydrogen) atoms. The molecule has 0 aromatic carbocycles. The van der Waals surface area contributed by atoms with E-state index in [0.29, 0.717) is 6.54 Å². The van der Waals surface area contributed by atoms with Gasteiger partial charge in [-0.15, -0.1) is 0 Å². The highest BCUT2D eigenvalue weighted by molar-refractivity contribution is 5.64. The number of nitrogens with one attached hydrogen (secondary N) is 1. The van der Waals surface area contributed by atoms with Crippen molar-refractivity contribution in [2.24, 2.45) is 5.41 Å². The number of rotatable bonds is 6. The van der Waals surface area contributed by atoms with Gasteiger partial charge < -0.3 is 10.4 Å². The molecule has 0 heterocycles. The summed E-state index contributed by atoms with van der Waals surface area (Å²) >= 11 is 0. The van der Waals surface area contributed by atoms with Crippen LogP contribution in [0.3, 0.4) is 0 Å². The van der Waals surface area contributed by atoms with Crippen molar-refractivity contribution in [2.45, 2.75) is 53.9 Å². The fourth-order valence-corrected chi connectivity index (χ4v) is 3.00. The smallest absolute Gasteiger partial charge is 0.404 e. The van der Waals surface area contributed by atoms with E-state index in [-0.39, 0.29) is 5.41 Å². The van der Waals surface area contributed by atoms with Gasteiger partial charge >= 0.3 is 6.09 Å². The molecule has 0 aliphatic heterocycles. The highest BCUT2D eigenvalue weighted by Gasteiger charge is 2.26. The van der Waals surface area contributed by atoms with Crippen LogP contribution >= 0.6 is 0 Å². The summed E-state index contributed by atoms with van der Waals surface area (Å²) in [5.74, 6) is 0. The molecule has 2 N–H and O–H groups in total. The number of hydrogen-bond donors (Lipinski definition) is 2. The van der Waals surface area contributed by atoms with Crippen molar-refractivity contribution >= 4 is 6.09 Å². The monoisotopic (exact) mass is 329 g/mol. The highest BCUT2D eigenvalue weighted by Crippen LogP contribution is 2.40. The van der Waals surface area contributed by atoms with Crippen molar-refractivity contribution < 1.29 is 9.90 Å². The van der Waals surface area contributed by atoms with Crippen LogP contribution in [0.2, 0.25) is 0 Å². The molecule has 0 atom stereocenters. The Bertz CT molecular complexity index is 601. The van der Waals surface area contributed by atoms with Crippen molar-refractivity contribution in [3.63, 3.8) is 0 Å². The quantitative estimate of drug-likeness (QED) is 0.606. The summed E-state index contributed by atoms with van der Waals surface area (Å²) in [6.07, 6.45) is 15.1. The number of hydrogen-bond acceptors (Lipinski definition) is 1. The fraction of sp³-hybridized carbons (Fsp3) is 0.476. The summed E-state index contributed by atoms with van der Waals surface area (Å²) in [5, 5.41) is 10.8. The topological polar surface area (TPSA) is 49.3 Å². The van der Waals surface area contributed by atoms with Crippen LogP contribution in [-0.2, 0) is 0 Å². The molecule has 0 bridgehead atoms. The number of carbonyl (C=O) groups is 1. The van der Waals surface area contributed by atoms with Crippen molar-refractivity contribution in [2.75, 3.05) is 6.54 Å². The first-order valence-corrected chi connectivity index (χ1v) is 8.59. The second kappa shape index (κ2) is 9.31. The molecule has 1 aliphatic rings. The van der Waals surface area contributed by atoms with Gasteiger partial charge in [-0.2, -0.15) is 0 Å². The molecule has 0 saturated carbocycles. The zero-order valence-corrected chi connectivity index (χ0v) is 15.6. The Morgan fingerprint density at radius 3 is 2.58 bits per heavy atom. The van der Waals surface area contributed by atoms with Crippen LogP contribution in [0.5, 0.6) is 0 Å². The third-order valence-corrected chi connectivity index (χ3v) is 4.45. The lowest BCUT2D eigenvalue weighted by Gasteiger charge is -2.32. The van der Waals surface area contributed by atoms with E-state index in [1.54, 1.807) is 0 Å². The fourth-order valence-electron chi connectivity index (χ4n) is 3.00. The molecule has 0 radical (unpaired) electrons. The van der Waals surface area contributed by atoms with Gasteiger partial charge in [0, 0.05) is 6.54 Å². The molecular formula is C21H31NO2. The van der Waals surface area contributed by atoms with E-state index in [0.717, 1.165) is 5.57 Å². The van der Waals surface area contributed by atoms with Crippen molar-refractivity contribution in [3.05, 3.63) is 58.7 Å². The summed E-state index contributed by atoms with van der Waals surface area (Å²) < 4.78 is 0. The van der Waals surface area contributed by atoms with E-state index in [4.69, 9.17) is 5.11 Å². The normalized spacial score (nSPS) is 19.4. The predicted molar refractivity (Wildman–Crippen MR) is 102 cm³/mol. The Kier molecular flexibility index (Phi) is 7.76. The van der Waals surface area contributed by atoms with Crippen molar-refractivity contribution in [3.8, 4) is 0 Å². The number of allylic oxidation sites excluding steroid dienone is 9. The molecule has 3 nitrogen and oxygen atoms in total. The zero-order chi connectivity index (χ0) is 18.2. The van der Waals surface area contributed by atoms with Crippen LogP contribution in [0.4, 0.5) is 4.79 Å². The molecule has 0 spiro atoms. The van der Waals surface area contributed by atoms with Crippen molar-refractivity contribution in [1.29, 1.82) is 0 Å². The van der Waals surface area contributed by atoms with Gasteiger partial charge in [-0.3, -0.25) is 0 Å². The minimum Gasteiger partial charge on any atom is -0.465 e. The molecule has 0 aromatic heterocycles. The predicted octanol–water partition coefficient (Wildman–Crippen LogP) is 5.79. The lowest BCUT2D eigenvalue weighted by molar-refractivity contribution is 0.195. The SMILES string of the molecule is CC(C=CC1=C(C)CCCC1(C)C)=CC=CC(C)=CCNC(=O)O. The Morgan fingerprint density at radius 1 is 1.25 bits per heavy atom. The van der Waals surface area contributed by atoms with E-state index in [9.17, 15) is 4.79 Å². The van der Waals surface area contributed by atoms with Gasteiger partial charge in [0.15, 0.2) is 0 Å². The first-order valence-electron chi connectivity index (χ1n) is 8.59. The van der Waals surface area contributed by atoms with Crippen LogP contribution in [0.1, 0.15) is 53.9 Å². The molecule has 0 saturated heterocycles. The summed E-state index contributed by atoms with van der Waals surface area (Å²) in [7, 11) is 0. The third-order valence-electron chi connectivity index (χ3n) is 4.45. The van der Waals surface area contributed by atoms with Crippen molar-refractivity contribution in [1.82, 2.24) is 5.32 Å². The first-order chi connectivity index (χ1) is 11.2. The van der Waals surface area contributed by atoms with Gasteiger partial charge in [0.2, 0.25) is 0 Å². The maximum atomic E-state index is 10.4. The second-order valence-corrected chi connectivity index (χ2v) is 7.17. The molecular weight excluding hydrogens is 298 g/mol. The summed E-state index contributed by atoms with van der Waals surface area (Å²) in [6.45, 7) is 11.3. The lowest BCUT2D eigenvalue weighted by atomic mass is 9.72. The largest absolute Gasteiger partial charge is 0.465 e. The van der Waals surface area contributed by atoms with Crippen LogP contribution < -0.4 is 5.32 Å². The Balaban J connectivity index is 2.67. The van der Waals surface area contributed by atoms with Crippen LogP contribution in [-0.4, -0.2) is 17.7 Å². The third kappa shape index (κ3) is 7.03. The van der Waals surface area contributed by atoms with Crippen LogP contribution in [0.15, 0.2) is 58.7 Å². The number of carboxylic acid groups (broad SMARTS) is 1. The molecule has 1 aliphatic carbocycles. The molecule has 0 unspecified atom stereocenters. The van der Waals surface area contributed by atoms with Gasteiger partial charge in [0.1, 0.15) is 0 Å². The second-order valence-electron chi connectivity index (χ2n) is 7.17. The van der Waals surface area contributed by atoms with Gasteiger partial charge in [0.05, 0.1) is 0 Å². The Morgan fingerprint density at radius 2 is 1.96 bits per heavy atom. The van der Waals surface area contributed by atoms with Gasteiger partial charge in [-0.1, -0.05) is 67.0 Å². The minimum absolute atomic E-state index is 0.269.